The van der Waals surface area contributed by atoms with E-state index in [4.69, 9.17) is 32.7 Å². The molecule has 0 fully saturated rings. The number of aromatic amines is 3. The van der Waals surface area contributed by atoms with Crippen LogP contribution in [-0.4, -0.2) is 85.7 Å². The minimum Gasteiger partial charge on any atom is -1.00 e. The van der Waals surface area contributed by atoms with Crippen molar-refractivity contribution < 1.29 is 45.6 Å². The SMILES string of the molecule is COc1ccc(CN2C(=O)C(Cl)=C(Cl)C2=O)cc1.COc1ccc(CN2C(=O)C(c3c[nH]c4ccccc34)=C(c3c[nH]c4ccccc34)C2=O)cc1.[Br-].[CH2-]C.[Mg+2].c1ccc2[nH]ccc2c1. The van der Waals surface area contributed by atoms with E-state index in [1.165, 1.54) is 15.8 Å². The quantitative estimate of drug-likeness (QED) is 0.0850. The van der Waals surface area contributed by atoms with Crippen LogP contribution < -0.4 is 26.5 Å². The average molecular weight is 984 g/mol. The molecule has 5 aromatic carbocycles. The summed E-state index contributed by atoms with van der Waals surface area (Å²) in [7, 11) is 3.17. The summed E-state index contributed by atoms with van der Waals surface area (Å²) in [6, 6.07) is 40.3. The van der Waals surface area contributed by atoms with Gasteiger partial charge in [-0.2, -0.15) is 6.92 Å². The average Bonchev–Trinajstić information content (AvgIpc) is 4.16. The number of hydrogen-bond acceptors (Lipinski definition) is 6. The second-order valence-corrected chi connectivity index (χ2v) is 14.8. The second-order valence-electron chi connectivity index (χ2n) is 14.0. The molecule has 65 heavy (non-hydrogen) atoms. The van der Waals surface area contributed by atoms with Crippen molar-refractivity contribution in [1.29, 1.82) is 0 Å². The molecule has 0 radical (unpaired) electrons. The van der Waals surface area contributed by atoms with Crippen molar-refractivity contribution in [2.45, 2.75) is 20.0 Å². The Morgan fingerprint density at radius 1 is 0.508 bits per heavy atom. The van der Waals surface area contributed by atoms with Gasteiger partial charge in [-0.1, -0.05) is 102 Å². The number of aromatic nitrogens is 3. The summed E-state index contributed by atoms with van der Waals surface area (Å²) in [6.45, 7) is 5.31. The van der Waals surface area contributed by atoms with E-state index in [0.29, 0.717) is 16.9 Å². The van der Waals surface area contributed by atoms with Gasteiger partial charge >= 0.3 is 23.1 Å². The minimum atomic E-state index is -0.567. The van der Waals surface area contributed by atoms with Crippen LogP contribution in [0.15, 0.2) is 156 Å². The molecule has 326 valence electrons. The van der Waals surface area contributed by atoms with Crippen molar-refractivity contribution in [3.63, 3.8) is 0 Å². The van der Waals surface area contributed by atoms with Crippen molar-refractivity contribution in [3.8, 4) is 11.5 Å². The Labute approximate surface area is 412 Å². The molecule has 5 heterocycles. The van der Waals surface area contributed by atoms with Gasteiger partial charge in [0.05, 0.1) is 38.5 Å². The summed E-state index contributed by atoms with van der Waals surface area (Å²) in [5, 5.41) is 2.63. The van der Waals surface area contributed by atoms with E-state index < -0.39 is 11.8 Å². The van der Waals surface area contributed by atoms with Crippen LogP contribution in [0, 0.1) is 6.92 Å². The van der Waals surface area contributed by atoms with E-state index >= 15 is 0 Å². The monoisotopic (exact) mass is 981 g/mol. The van der Waals surface area contributed by atoms with E-state index in [2.05, 4.69) is 40.1 Å². The molecule has 15 heteroatoms. The molecule has 3 aromatic heterocycles. The molecule has 10 rings (SSSR count). The normalized spacial score (nSPS) is 13.2. The molecule has 2 aliphatic rings. The zero-order valence-corrected chi connectivity index (χ0v) is 40.2. The topological polar surface area (TPSA) is 141 Å². The first kappa shape index (κ1) is 49.9. The summed E-state index contributed by atoms with van der Waals surface area (Å²) in [5.74, 6) is -0.311. The first-order valence-corrected chi connectivity index (χ1v) is 20.6. The maximum Gasteiger partial charge on any atom is 2.00 e. The van der Waals surface area contributed by atoms with Crippen LogP contribution in [0.1, 0.15) is 29.2 Å². The summed E-state index contributed by atoms with van der Waals surface area (Å²) in [4.78, 5) is 62.9. The van der Waals surface area contributed by atoms with Gasteiger partial charge in [-0.25, -0.2) is 0 Å². The number of rotatable bonds is 8. The molecule has 2 aliphatic heterocycles. The summed E-state index contributed by atoms with van der Waals surface area (Å²) in [6.07, 6.45) is 5.58. The molecule has 0 spiro atoms. The van der Waals surface area contributed by atoms with Gasteiger partial charge in [-0.15, -0.1) is 0 Å². The van der Waals surface area contributed by atoms with Crippen molar-refractivity contribution in [2.24, 2.45) is 0 Å². The van der Waals surface area contributed by atoms with Crippen molar-refractivity contribution >= 4 is 114 Å². The van der Waals surface area contributed by atoms with Gasteiger partial charge in [0.1, 0.15) is 21.6 Å². The van der Waals surface area contributed by atoms with Gasteiger partial charge in [-0.3, -0.25) is 29.0 Å². The number of ether oxygens (including phenoxy) is 2. The van der Waals surface area contributed by atoms with Crippen LogP contribution in [-0.2, 0) is 32.3 Å². The number of hydrogen-bond donors (Lipinski definition) is 3. The predicted octanol–water partition coefficient (Wildman–Crippen LogP) is 7.02. The van der Waals surface area contributed by atoms with Crippen LogP contribution in [0.3, 0.4) is 0 Å². The predicted molar refractivity (Wildman–Crippen MR) is 254 cm³/mol. The van der Waals surface area contributed by atoms with E-state index in [0.717, 1.165) is 54.7 Å². The molecule has 0 saturated carbocycles. The summed E-state index contributed by atoms with van der Waals surface area (Å²) in [5.41, 5.74) is 6.96. The zero-order chi connectivity index (χ0) is 44.6. The molecule has 0 bridgehead atoms. The minimum absolute atomic E-state index is 0. The number of para-hydroxylation sites is 3. The fraction of sp³-hybridized carbons (Fsp3) is 0.100. The Balaban J connectivity index is 0.000000214. The van der Waals surface area contributed by atoms with Crippen LogP contribution in [0.5, 0.6) is 11.5 Å². The number of methoxy groups -OCH3 is 2. The third-order valence-electron chi connectivity index (χ3n) is 10.4. The van der Waals surface area contributed by atoms with Crippen molar-refractivity contribution in [2.75, 3.05) is 14.2 Å². The van der Waals surface area contributed by atoms with Gasteiger partial charge in [-0.05, 0) is 65.0 Å². The molecular formula is C50H42BrCl2MgN5O6. The number of imide groups is 2. The van der Waals surface area contributed by atoms with Gasteiger partial charge < -0.3 is 48.3 Å². The molecule has 0 aliphatic carbocycles. The van der Waals surface area contributed by atoms with Gasteiger partial charge in [0.15, 0.2) is 0 Å². The molecule has 11 nitrogen and oxygen atoms in total. The second kappa shape index (κ2) is 22.7. The third kappa shape index (κ3) is 10.6. The molecule has 4 amide bonds. The van der Waals surface area contributed by atoms with Crippen LogP contribution in [0.25, 0.3) is 43.9 Å². The van der Waals surface area contributed by atoms with Crippen LogP contribution in [0.2, 0.25) is 0 Å². The number of H-pyrrole nitrogens is 3. The van der Waals surface area contributed by atoms with Crippen LogP contribution >= 0.6 is 23.2 Å². The fourth-order valence-electron chi connectivity index (χ4n) is 7.26. The van der Waals surface area contributed by atoms with E-state index in [-0.39, 0.29) is 75.0 Å². The smallest absolute Gasteiger partial charge is 1.00 e. The number of carbonyl (C=O) groups is 4. The zero-order valence-electron chi connectivity index (χ0n) is 35.7. The molecular weight excluding hydrogens is 942 g/mol. The number of halogens is 3. The number of nitrogens with zero attached hydrogens (tertiary/aromatic N) is 2. The van der Waals surface area contributed by atoms with Crippen molar-refractivity contribution in [3.05, 3.63) is 185 Å². The number of amides is 4. The Bertz CT molecular complexity index is 2880. The number of benzene rings is 5. The van der Waals surface area contributed by atoms with Gasteiger partial charge in [0, 0.05) is 57.0 Å². The molecule has 8 aromatic rings. The Hall–Kier alpha value is -6.09. The van der Waals surface area contributed by atoms with Gasteiger partial charge in [0.2, 0.25) is 0 Å². The maximum absolute atomic E-state index is 13.8. The number of carbonyl (C=O) groups excluding carboxylic acids is 4. The first-order valence-electron chi connectivity index (χ1n) is 19.8. The Morgan fingerprint density at radius 3 is 1.31 bits per heavy atom. The maximum atomic E-state index is 13.8. The molecule has 3 N–H and O–H groups in total. The van der Waals surface area contributed by atoms with Crippen molar-refractivity contribution in [1.82, 2.24) is 24.8 Å². The van der Waals surface area contributed by atoms with E-state index in [9.17, 15) is 19.2 Å². The Kier molecular flexibility index (Phi) is 17.4. The van der Waals surface area contributed by atoms with Crippen LogP contribution in [0.4, 0.5) is 0 Å². The van der Waals surface area contributed by atoms with Gasteiger partial charge in [0.25, 0.3) is 23.6 Å². The Morgan fingerprint density at radius 2 is 0.892 bits per heavy atom. The molecule has 0 unspecified atom stereocenters. The molecule has 0 saturated heterocycles. The fourth-order valence-corrected chi connectivity index (χ4v) is 7.62. The van der Waals surface area contributed by atoms with E-state index in [1.54, 1.807) is 45.4 Å². The number of fused-ring (bicyclic) bond motifs is 3. The number of nitrogens with one attached hydrogen (secondary N) is 3. The van der Waals surface area contributed by atoms with E-state index in [1.807, 2.05) is 104 Å². The first-order chi connectivity index (χ1) is 30.7. The summed E-state index contributed by atoms with van der Waals surface area (Å²) < 4.78 is 10.3. The largest absolute Gasteiger partial charge is 2.00 e. The standard InChI is InChI=1S/C28H21N3O3.C12H9Cl2NO3.C8H7N.C2H5.BrH.Mg/c1-34-18-12-10-17(11-13-18)16-31-27(32)25(21-14-29-23-8-4-2-6-19(21)23)26(28(31)33)22-15-30-24-9-5-3-7-20(22)24;1-18-8-4-2-7(3-5-8)6-15-11(16)9(13)10(14)12(15)17;1-2-4-8-7(3-1)5-6-9-8;1-2;;/h2-15,29-30H,16H2,1H3;2-5H,6H2,1H3;1-6,9H;1H2,2H3;1H;/q;;;-1;;+2/p-1. The molecule has 0 atom stereocenters. The summed E-state index contributed by atoms with van der Waals surface area (Å²) >= 11 is 11.3. The third-order valence-corrected chi connectivity index (χ3v) is 11.2.